The molecule has 1 amide bonds. The molecule has 1 fully saturated rings. The number of rotatable bonds is 3. The standard InChI is InChI=1S/C18H17N3O/c1-11-6-5-9-15-16(11)20-18(19-15)21-17(22)14-10-13(14)12-7-3-2-4-8-12/h2-9,13-14H,10H2,1H3,(H2,19,20,21,22). The minimum absolute atomic E-state index is 0.0468. The van der Waals surface area contributed by atoms with Crippen LogP contribution in [0.1, 0.15) is 23.5 Å². The van der Waals surface area contributed by atoms with E-state index in [1.165, 1.54) is 5.56 Å². The van der Waals surface area contributed by atoms with Gasteiger partial charge in [-0.2, -0.15) is 0 Å². The minimum Gasteiger partial charge on any atom is -0.324 e. The number of H-pyrrole nitrogens is 1. The van der Waals surface area contributed by atoms with E-state index in [9.17, 15) is 4.79 Å². The number of imidazole rings is 1. The summed E-state index contributed by atoms with van der Waals surface area (Å²) in [5.41, 5.74) is 4.22. The molecular weight excluding hydrogens is 274 g/mol. The second-order valence-electron chi connectivity index (χ2n) is 5.90. The number of benzene rings is 2. The molecule has 2 N–H and O–H groups in total. The molecule has 1 aliphatic carbocycles. The fourth-order valence-corrected chi connectivity index (χ4v) is 3.00. The zero-order valence-electron chi connectivity index (χ0n) is 12.3. The maximum Gasteiger partial charge on any atom is 0.230 e. The second-order valence-corrected chi connectivity index (χ2v) is 5.90. The molecule has 2 unspecified atom stereocenters. The Morgan fingerprint density at radius 1 is 1.18 bits per heavy atom. The van der Waals surface area contributed by atoms with E-state index in [2.05, 4.69) is 27.4 Å². The van der Waals surface area contributed by atoms with Gasteiger partial charge in [-0.15, -0.1) is 0 Å². The number of aryl methyl sites for hydroxylation is 1. The summed E-state index contributed by atoms with van der Waals surface area (Å²) in [6.45, 7) is 2.03. The summed E-state index contributed by atoms with van der Waals surface area (Å²) < 4.78 is 0. The van der Waals surface area contributed by atoms with E-state index in [1.54, 1.807) is 0 Å². The number of hydrogen-bond acceptors (Lipinski definition) is 2. The van der Waals surface area contributed by atoms with Gasteiger partial charge in [0, 0.05) is 5.92 Å². The van der Waals surface area contributed by atoms with Crippen molar-refractivity contribution < 1.29 is 4.79 Å². The fourth-order valence-electron chi connectivity index (χ4n) is 3.00. The molecule has 2 atom stereocenters. The molecule has 0 spiro atoms. The highest BCUT2D eigenvalue weighted by atomic mass is 16.2. The smallest absolute Gasteiger partial charge is 0.230 e. The number of aromatic nitrogens is 2. The zero-order valence-corrected chi connectivity index (χ0v) is 12.3. The van der Waals surface area contributed by atoms with E-state index in [4.69, 9.17) is 0 Å². The average molecular weight is 291 g/mol. The molecule has 0 radical (unpaired) electrons. The summed E-state index contributed by atoms with van der Waals surface area (Å²) in [7, 11) is 0. The monoisotopic (exact) mass is 291 g/mol. The molecule has 1 aromatic heterocycles. The van der Waals surface area contributed by atoms with Crippen molar-refractivity contribution in [2.24, 2.45) is 5.92 Å². The fraction of sp³-hybridized carbons (Fsp3) is 0.222. The van der Waals surface area contributed by atoms with Crippen LogP contribution in [-0.4, -0.2) is 15.9 Å². The number of anilines is 1. The number of hydrogen-bond donors (Lipinski definition) is 2. The van der Waals surface area contributed by atoms with Crippen molar-refractivity contribution in [3.8, 4) is 0 Å². The first kappa shape index (κ1) is 13.1. The van der Waals surface area contributed by atoms with Gasteiger partial charge in [0.05, 0.1) is 11.0 Å². The molecule has 3 aromatic rings. The number of para-hydroxylation sites is 1. The Labute approximate surface area is 128 Å². The van der Waals surface area contributed by atoms with Gasteiger partial charge in [0.25, 0.3) is 0 Å². The first-order valence-corrected chi connectivity index (χ1v) is 7.53. The summed E-state index contributed by atoms with van der Waals surface area (Å²) in [6, 6.07) is 16.1. The van der Waals surface area contributed by atoms with Crippen LogP contribution in [0.2, 0.25) is 0 Å². The van der Waals surface area contributed by atoms with Crippen molar-refractivity contribution >= 4 is 22.9 Å². The Morgan fingerprint density at radius 2 is 2.00 bits per heavy atom. The number of carbonyl (C=O) groups is 1. The molecule has 22 heavy (non-hydrogen) atoms. The maximum absolute atomic E-state index is 12.3. The minimum atomic E-state index is 0.0468. The molecule has 4 nitrogen and oxygen atoms in total. The van der Waals surface area contributed by atoms with E-state index >= 15 is 0 Å². The summed E-state index contributed by atoms with van der Waals surface area (Å²) in [5.74, 6) is 0.975. The van der Waals surface area contributed by atoms with Crippen molar-refractivity contribution in [1.29, 1.82) is 0 Å². The van der Waals surface area contributed by atoms with Crippen LogP contribution in [-0.2, 0) is 4.79 Å². The molecule has 4 rings (SSSR count). The lowest BCUT2D eigenvalue weighted by Gasteiger charge is -2.01. The van der Waals surface area contributed by atoms with Crippen LogP contribution in [0.3, 0.4) is 0 Å². The van der Waals surface area contributed by atoms with Gasteiger partial charge >= 0.3 is 0 Å². The van der Waals surface area contributed by atoms with Crippen LogP contribution in [0.25, 0.3) is 11.0 Å². The van der Waals surface area contributed by atoms with Crippen LogP contribution in [0.5, 0.6) is 0 Å². The van der Waals surface area contributed by atoms with Gasteiger partial charge in [0.1, 0.15) is 0 Å². The summed E-state index contributed by atoms with van der Waals surface area (Å²) >= 11 is 0. The third-order valence-corrected chi connectivity index (χ3v) is 4.32. The highest BCUT2D eigenvalue weighted by Crippen LogP contribution is 2.47. The van der Waals surface area contributed by atoms with Crippen LogP contribution >= 0.6 is 0 Å². The van der Waals surface area contributed by atoms with Crippen LogP contribution in [0.4, 0.5) is 5.95 Å². The van der Waals surface area contributed by atoms with Gasteiger partial charge in [-0.3, -0.25) is 10.1 Å². The van der Waals surface area contributed by atoms with Crippen molar-refractivity contribution in [3.63, 3.8) is 0 Å². The van der Waals surface area contributed by atoms with Gasteiger partial charge in [-0.05, 0) is 36.5 Å². The topological polar surface area (TPSA) is 57.8 Å². The first-order chi connectivity index (χ1) is 10.7. The Kier molecular flexibility index (Phi) is 2.96. The summed E-state index contributed by atoms with van der Waals surface area (Å²) in [4.78, 5) is 20.0. The number of nitrogens with one attached hydrogen (secondary N) is 2. The number of aromatic amines is 1. The van der Waals surface area contributed by atoms with Crippen molar-refractivity contribution in [1.82, 2.24) is 9.97 Å². The van der Waals surface area contributed by atoms with Gasteiger partial charge < -0.3 is 4.98 Å². The molecule has 110 valence electrons. The lowest BCUT2D eigenvalue weighted by Crippen LogP contribution is -2.15. The third-order valence-electron chi connectivity index (χ3n) is 4.32. The second kappa shape index (κ2) is 4.98. The summed E-state index contributed by atoms with van der Waals surface area (Å²) in [5, 5.41) is 2.91. The lowest BCUT2D eigenvalue weighted by atomic mass is 10.1. The Hall–Kier alpha value is -2.62. The first-order valence-electron chi connectivity index (χ1n) is 7.53. The van der Waals surface area contributed by atoms with E-state index in [-0.39, 0.29) is 11.8 Å². The Balaban J connectivity index is 1.49. The van der Waals surface area contributed by atoms with Crippen LogP contribution < -0.4 is 5.32 Å². The molecule has 4 heteroatoms. The average Bonchev–Trinajstić information content (AvgIpc) is 3.23. The molecule has 2 aromatic carbocycles. The van der Waals surface area contributed by atoms with Gasteiger partial charge in [-0.25, -0.2) is 4.98 Å². The largest absolute Gasteiger partial charge is 0.324 e. The van der Waals surface area contributed by atoms with E-state index in [0.29, 0.717) is 11.9 Å². The third kappa shape index (κ3) is 2.26. The van der Waals surface area contributed by atoms with Gasteiger partial charge in [0.15, 0.2) is 0 Å². The highest BCUT2D eigenvalue weighted by Gasteiger charge is 2.44. The zero-order chi connectivity index (χ0) is 15.1. The van der Waals surface area contributed by atoms with E-state index < -0.39 is 0 Å². The molecule has 0 aliphatic heterocycles. The Bertz CT molecular complexity index is 838. The summed E-state index contributed by atoms with van der Waals surface area (Å²) in [6.07, 6.45) is 0.912. The van der Waals surface area contributed by atoms with Gasteiger partial charge in [0.2, 0.25) is 11.9 Å². The van der Waals surface area contributed by atoms with Crippen LogP contribution in [0.15, 0.2) is 48.5 Å². The number of amides is 1. The van der Waals surface area contributed by atoms with Crippen molar-refractivity contribution in [2.75, 3.05) is 5.32 Å². The van der Waals surface area contributed by atoms with Crippen molar-refractivity contribution in [3.05, 3.63) is 59.7 Å². The number of nitrogens with zero attached hydrogens (tertiary/aromatic N) is 1. The van der Waals surface area contributed by atoms with Crippen LogP contribution in [0, 0.1) is 12.8 Å². The van der Waals surface area contributed by atoms with Crippen molar-refractivity contribution in [2.45, 2.75) is 19.3 Å². The predicted molar refractivity (Wildman–Crippen MR) is 86.8 cm³/mol. The van der Waals surface area contributed by atoms with E-state index in [1.807, 2.05) is 43.3 Å². The molecular formula is C18H17N3O. The van der Waals surface area contributed by atoms with Gasteiger partial charge in [-0.1, -0.05) is 42.5 Å². The van der Waals surface area contributed by atoms with E-state index in [0.717, 1.165) is 23.0 Å². The predicted octanol–water partition coefficient (Wildman–Crippen LogP) is 3.61. The lowest BCUT2D eigenvalue weighted by molar-refractivity contribution is -0.117. The molecule has 1 aliphatic rings. The normalized spacial score (nSPS) is 20.0. The number of fused-ring (bicyclic) bond motifs is 1. The molecule has 0 saturated heterocycles. The highest BCUT2D eigenvalue weighted by molar-refractivity contribution is 5.95. The molecule has 0 bridgehead atoms. The molecule has 1 saturated carbocycles. The SMILES string of the molecule is Cc1cccc2nc(NC(=O)C3CC3c3ccccc3)[nH]c12. The molecule has 1 heterocycles. The number of carbonyl (C=O) groups excluding carboxylic acids is 1. The maximum atomic E-state index is 12.3. The quantitative estimate of drug-likeness (QED) is 0.774. The Morgan fingerprint density at radius 3 is 2.77 bits per heavy atom.